The second kappa shape index (κ2) is 4.26. The highest BCUT2D eigenvalue weighted by Crippen LogP contribution is 2.23. The van der Waals surface area contributed by atoms with E-state index in [-0.39, 0.29) is 0 Å². The molecular formula is C11H10O2. The fourth-order valence-corrected chi connectivity index (χ4v) is 1.01. The lowest BCUT2D eigenvalue weighted by atomic mass is 10.2. The maximum Gasteiger partial charge on any atom is 0.327 e. The largest absolute Gasteiger partial charge is 0.478 e. The van der Waals surface area contributed by atoms with E-state index in [9.17, 15) is 4.79 Å². The first kappa shape index (κ1) is 9.26. The third-order valence-electron chi connectivity index (χ3n) is 1.61. The number of carbonyl (C=O) groups is 1. The van der Waals surface area contributed by atoms with Gasteiger partial charge in [0.15, 0.2) is 0 Å². The molecule has 2 heteroatoms. The van der Waals surface area contributed by atoms with E-state index in [1.807, 2.05) is 0 Å². The Hall–Kier alpha value is -1.83. The van der Waals surface area contributed by atoms with Crippen molar-refractivity contribution in [3.05, 3.63) is 60.3 Å². The Labute approximate surface area is 76.9 Å². The number of carboxylic acids is 1. The average Bonchev–Trinajstić information content (AvgIpc) is 2.64. The number of hydrogen-bond donors (Lipinski definition) is 1. The van der Waals surface area contributed by atoms with Crippen LogP contribution in [0.4, 0.5) is 0 Å². The van der Waals surface area contributed by atoms with Crippen molar-refractivity contribution in [2.75, 3.05) is 0 Å². The highest BCUT2D eigenvalue weighted by molar-refractivity contribution is 5.78. The molecule has 0 atom stereocenters. The summed E-state index contributed by atoms with van der Waals surface area (Å²) in [4.78, 5) is 9.25. The number of aliphatic carboxylic acids is 1. The molecule has 0 unspecified atom stereocenters. The summed E-state index contributed by atoms with van der Waals surface area (Å²) in [6.45, 7) is 2.96. The van der Waals surface area contributed by atoms with Gasteiger partial charge in [0, 0.05) is 6.08 Å². The minimum atomic E-state index is -0.981. The molecule has 2 aliphatic rings. The van der Waals surface area contributed by atoms with Gasteiger partial charge in [0.1, 0.15) is 0 Å². The smallest absolute Gasteiger partial charge is 0.327 e. The van der Waals surface area contributed by atoms with Crippen molar-refractivity contribution in [1.82, 2.24) is 0 Å². The fourth-order valence-electron chi connectivity index (χ4n) is 1.01. The third-order valence-corrected chi connectivity index (χ3v) is 1.61. The number of rotatable bonds is 1. The van der Waals surface area contributed by atoms with Gasteiger partial charge in [-0.05, 0) is 11.1 Å². The average molecular weight is 174 g/mol. The Kier molecular flexibility index (Phi) is 3.03. The molecule has 0 radical (unpaired) electrons. The van der Waals surface area contributed by atoms with Crippen molar-refractivity contribution in [2.45, 2.75) is 0 Å². The van der Waals surface area contributed by atoms with Crippen LogP contribution in [-0.2, 0) is 4.79 Å². The van der Waals surface area contributed by atoms with Crippen LogP contribution in [-0.4, -0.2) is 11.1 Å². The molecule has 0 bridgehead atoms. The van der Waals surface area contributed by atoms with Crippen LogP contribution in [0.2, 0.25) is 0 Å². The van der Waals surface area contributed by atoms with Crippen LogP contribution < -0.4 is 0 Å². The molecule has 0 saturated heterocycles. The zero-order chi connectivity index (χ0) is 9.68. The molecule has 0 saturated carbocycles. The highest BCUT2D eigenvalue weighted by atomic mass is 16.4. The van der Waals surface area contributed by atoms with E-state index in [0.717, 1.165) is 6.08 Å². The standard InChI is InChI=1S/C8H6.C3H4O2/c1-3-7-5-2-6-8(7)4-1;1-2-3(4)5/h1-6H;2H,1H2,(H,4,5). The van der Waals surface area contributed by atoms with Gasteiger partial charge >= 0.3 is 5.97 Å². The molecule has 0 aliphatic heterocycles. The second-order valence-electron chi connectivity index (χ2n) is 2.50. The fraction of sp³-hybridized carbons (Fsp3) is 0. The van der Waals surface area contributed by atoms with Gasteiger partial charge in [-0.2, -0.15) is 0 Å². The molecule has 1 N–H and O–H groups in total. The molecule has 2 aliphatic carbocycles. The summed E-state index contributed by atoms with van der Waals surface area (Å²) < 4.78 is 0. The monoisotopic (exact) mass is 174 g/mol. The minimum Gasteiger partial charge on any atom is -0.478 e. The number of allylic oxidation sites excluding steroid dienone is 8. The van der Waals surface area contributed by atoms with Gasteiger partial charge in [0.2, 0.25) is 0 Å². The lowest BCUT2D eigenvalue weighted by Crippen LogP contribution is -1.82. The third kappa shape index (κ3) is 2.60. The Balaban J connectivity index is 0.000000149. The summed E-state index contributed by atoms with van der Waals surface area (Å²) in [6.07, 6.45) is 13.5. The Morgan fingerprint density at radius 2 is 1.62 bits per heavy atom. The molecule has 0 fully saturated rings. The van der Waals surface area contributed by atoms with E-state index in [2.05, 4.69) is 43.0 Å². The van der Waals surface area contributed by atoms with Crippen molar-refractivity contribution in [3.8, 4) is 0 Å². The normalized spacial score (nSPS) is 15.4. The van der Waals surface area contributed by atoms with Crippen LogP contribution >= 0.6 is 0 Å². The Bertz CT molecular complexity index is 315. The minimum absolute atomic E-state index is 0.833. The van der Waals surface area contributed by atoms with Crippen LogP contribution in [0.1, 0.15) is 0 Å². The summed E-state index contributed by atoms with van der Waals surface area (Å²) >= 11 is 0. The summed E-state index contributed by atoms with van der Waals surface area (Å²) in [5, 5.41) is 7.60. The summed E-state index contributed by atoms with van der Waals surface area (Å²) in [6, 6.07) is 0. The molecule has 0 heterocycles. The molecular weight excluding hydrogens is 164 g/mol. The number of hydrogen-bond acceptors (Lipinski definition) is 1. The van der Waals surface area contributed by atoms with Crippen LogP contribution in [0.5, 0.6) is 0 Å². The first-order valence-corrected chi connectivity index (χ1v) is 3.86. The summed E-state index contributed by atoms with van der Waals surface area (Å²) in [5.41, 5.74) is 2.70. The quantitative estimate of drug-likeness (QED) is 0.619. The van der Waals surface area contributed by atoms with E-state index < -0.39 is 5.97 Å². The van der Waals surface area contributed by atoms with Gasteiger partial charge in [-0.15, -0.1) is 0 Å². The topological polar surface area (TPSA) is 37.3 Å². The molecule has 2 nitrogen and oxygen atoms in total. The van der Waals surface area contributed by atoms with Crippen molar-refractivity contribution >= 4 is 5.97 Å². The van der Waals surface area contributed by atoms with E-state index in [0.29, 0.717) is 0 Å². The molecule has 0 aromatic rings. The van der Waals surface area contributed by atoms with Gasteiger partial charge in [-0.25, -0.2) is 4.79 Å². The lowest BCUT2D eigenvalue weighted by Gasteiger charge is -1.85. The summed E-state index contributed by atoms with van der Waals surface area (Å²) in [7, 11) is 0. The molecule has 0 spiro atoms. The number of carboxylic acid groups (broad SMARTS) is 1. The molecule has 13 heavy (non-hydrogen) atoms. The predicted octanol–water partition coefficient (Wildman–Crippen LogP) is 2.24. The molecule has 0 amide bonds. The van der Waals surface area contributed by atoms with Gasteiger partial charge in [0.05, 0.1) is 0 Å². The first-order chi connectivity index (χ1) is 6.24. The molecule has 2 rings (SSSR count). The zero-order valence-electron chi connectivity index (χ0n) is 7.10. The van der Waals surface area contributed by atoms with Crippen LogP contribution in [0.15, 0.2) is 60.3 Å². The maximum atomic E-state index is 9.25. The van der Waals surface area contributed by atoms with Crippen LogP contribution in [0.3, 0.4) is 0 Å². The van der Waals surface area contributed by atoms with Crippen molar-refractivity contribution in [2.24, 2.45) is 0 Å². The van der Waals surface area contributed by atoms with Crippen molar-refractivity contribution in [1.29, 1.82) is 0 Å². The first-order valence-electron chi connectivity index (χ1n) is 3.86. The van der Waals surface area contributed by atoms with E-state index in [1.165, 1.54) is 11.1 Å². The lowest BCUT2D eigenvalue weighted by molar-refractivity contribution is -0.131. The Morgan fingerprint density at radius 3 is 1.92 bits per heavy atom. The van der Waals surface area contributed by atoms with E-state index in [4.69, 9.17) is 5.11 Å². The van der Waals surface area contributed by atoms with Crippen LogP contribution in [0.25, 0.3) is 0 Å². The van der Waals surface area contributed by atoms with Crippen LogP contribution in [0, 0.1) is 0 Å². The zero-order valence-corrected chi connectivity index (χ0v) is 7.10. The van der Waals surface area contributed by atoms with E-state index in [1.54, 1.807) is 0 Å². The second-order valence-corrected chi connectivity index (χ2v) is 2.50. The van der Waals surface area contributed by atoms with Gasteiger partial charge < -0.3 is 5.11 Å². The molecule has 0 aromatic heterocycles. The maximum absolute atomic E-state index is 9.25. The highest BCUT2D eigenvalue weighted by Gasteiger charge is 2.04. The SMILES string of the molecule is C1=CC2=CC=CC2=C1.C=CC(=O)O. The van der Waals surface area contributed by atoms with Gasteiger partial charge in [0.25, 0.3) is 0 Å². The van der Waals surface area contributed by atoms with Crippen molar-refractivity contribution in [3.63, 3.8) is 0 Å². The predicted molar refractivity (Wildman–Crippen MR) is 52.3 cm³/mol. The van der Waals surface area contributed by atoms with Gasteiger partial charge in [-0.3, -0.25) is 0 Å². The molecule has 0 aromatic carbocycles. The molecule has 66 valence electrons. The Morgan fingerprint density at radius 1 is 1.23 bits per heavy atom. The van der Waals surface area contributed by atoms with E-state index >= 15 is 0 Å². The number of fused-ring (bicyclic) bond motifs is 1. The summed E-state index contributed by atoms with van der Waals surface area (Å²) in [5.74, 6) is -0.981. The van der Waals surface area contributed by atoms with Gasteiger partial charge in [-0.1, -0.05) is 43.0 Å². The van der Waals surface area contributed by atoms with Crippen molar-refractivity contribution < 1.29 is 9.90 Å².